The van der Waals surface area contributed by atoms with Crippen molar-refractivity contribution >= 4 is 29.5 Å². The number of hydrogen-bond donors (Lipinski definition) is 4. The van der Waals surface area contributed by atoms with Crippen molar-refractivity contribution in [1.82, 2.24) is 4.90 Å². The van der Waals surface area contributed by atoms with Gasteiger partial charge < -0.3 is 30.2 Å². The molecular weight excluding hydrogens is 492 g/mol. The Hall–Kier alpha value is -3.76. The number of anilines is 1. The van der Waals surface area contributed by atoms with E-state index in [1.54, 1.807) is 36.4 Å². The van der Waals surface area contributed by atoms with Crippen molar-refractivity contribution in [3.63, 3.8) is 0 Å². The molecule has 0 aromatic heterocycles. The number of carboxylic acids is 3. The average Bonchev–Trinajstić information content (AvgIpc) is 2.97. The zero-order valence-corrected chi connectivity index (χ0v) is 20.2. The van der Waals surface area contributed by atoms with Crippen LogP contribution in [0.25, 0.3) is 0 Å². The third-order valence-corrected chi connectivity index (χ3v) is 5.28. The van der Waals surface area contributed by atoms with E-state index in [4.69, 9.17) is 35.5 Å². The van der Waals surface area contributed by atoms with Gasteiger partial charge in [0.15, 0.2) is 5.60 Å². The molecule has 0 saturated carbocycles. The SMILES string of the molecule is O=C(O)CC(O)(CC(=O)O)C(=O)O.[2H]C1([2H])CN(C([2H])([2H])C([2H])([2H])c2ccccc2)CCC1N(C(=O)C([2H])([2H])C([2H])([2H])[2H])c1ccccc1. The smallest absolute Gasteiger partial charge is 0.336 e. The Morgan fingerprint density at radius 1 is 1.00 bits per heavy atom. The molecule has 2 aromatic rings. The highest BCUT2D eigenvalue weighted by molar-refractivity contribution is 5.93. The van der Waals surface area contributed by atoms with Crippen LogP contribution in [0, 0.1) is 0 Å². The summed E-state index contributed by atoms with van der Waals surface area (Å²) in [5, 5.41) is 33.8. The number of piperidine rings is 1. The van der Waals surface area contributed by atoms with Gasteiger partial charge in [-0.15, -0.1) is 0 Å². The van der Waals surface area contributed by atoms with Gasteiger partial charge in [-0.1, -0.05) is 55.4 Å². The predicted molar refractivity (Wildman–Crippen MR) is 141 cm³/mol. The van der Waals surface area contributed by atoms with Crippen molar-refractivity contribution in [1.29, 1.82) is 0 Å². The number of carbonyl (C=O) groups is 4. The molecule has 2 aromatic carbocycles. The molecule has 0 bridgehead atoms. The zero-order chi connectivity index (χ0) is 37.8. The standard InChI is InChI=1S/C22H28N2O.C6H8O7/c1-2-22(25)24(20-11-7-4-8-12-20)21-14-17-23(18-15-21)16-13-19-9-5-3-6-10-19;7-3(8)1-6(13,5(11)12)2-4(9)10/h3-12,21H,2,13-18H2,1H3;13H,1-2H2,(H,7,8)(H,9,10)(H,11,12)/i1D3,2D2,13D2,14D2,16D2;. The summed E-state index contributed by atoms with van der Waals surface area (Å²) >= 11 is 0. The number of carboxylic acid groups (broad SMARTS) is 3. The summed E-state index contributed by atoms with van der Waals surface area (Å²) in [6.45, 7) is -6.68. The maximum absolute atomic E-state index is 13.3. The number of aliphatic hydroxyl groups is 1. The van der Waals surface area contributed by atoms with Crippen LogP contribution in [-0.4, -0.2) is 80.4 Å². The largest absolute Gasteiger partial charge is 0.481 e. The van der Waals surface area contributed by atoms with Crippen LogP contribution in [0.1, 0.15) is 59.5 Å². The molecule has 1 aliphatic rings. The van der Waals surface area contributed by atoms with Crippen LogP contribution in [0.3, 0.4) is 0 Å². The summed E-state index contributed by atoms with van der Waals surface area (Å²) in [5.74, 6) is -6.44. The molecule has 3 rings (SSSR count). The van der Waals surface area contributed by atoms with Gasteiger partial charge in [-0.25, -0.2) is 4.79 Å². The van der Waals surface area contributed by atoms with Gasteiger partial charge in [0.1, 0.15) is 0 Å². The van der Waals surface area contributed by atoms with Gasteiger partial charge in [0.2, 0.25) is 5.91 Å². The van der Waals surface area contributed by atoms with Gasteiger partial charge in [0.25, 0.3) is 0 Å². The zero-order valence-electron chi connectivity index (χ0n) is 31.2. The minimum Gasteiger partial charge on any atom is -0.481 e. The average molecular weight is 540 g/mol. The summed E-state index contributed by atoms with van der Waals surface area (Å²) in [4.78, 5) is 45.7. The summed E-state index contributed by atoms with van der Waals surface area (Å²) in [5.41, 5.74) is -2.54. The molecular formula is C28H36N2O8. The number of benzene rings is 2. The van der Waals surface area contributed by atoms with Gasteiger partial charge >= 0.3 is 17.9 Å². The normalized spacial score (nSPS) is 22.7. The molecule has 1 aliphatic heterocycles. The van der Waals surface area contributed by atoms with Crippen molar-refractivity contribution in [3.8, 4) is 0 Å². The highest BCUT2D eigenvalue weighted by Crippen LogP contribution is 2.24. The van der Waals surface area contributed by atoms with Gasteiger partial charge in [-0.2, -0.15) is 0 Å². The minimum absolute atomic E-state index is 0.0876. The van der Waals surface area contributed by atoms with Crippen molar-refractivity contribution in [2.75, 3.05) is 24.5 Å². The first-order valence-corrected chi connectivity index (χ1v) is 11.3. The third-order valence-electron chi connectivity index (χ3n) is 5.28. The second-order valence-electron chi connectivity index (χ2n) is 8.15. The number of nitrogens with zero attached hydrogens (tertiary/aromatic N) is 2. The van der Waals surface area contributed by atoms with E-state index in [-0.39, 0.29) is 24.2 Å². The Morgan fingerprint density at radius 2 is 1.58 bits per heavy atom. The fourth-order valence-electron chi connectivity index (χ4n) is 3.46. The van der Waals surface area contributed by atoms with Crippen molar-refractivity contribution < 1.29 is 54.7 Å². The predicted octanol–water partition coefficient (Wildman–Crippen LogP) is 2.89. The van der Waals surface area contributed by atoms with E-state index < -0.39 is 87.3 Å². The first-order chi connectivity index (χ1) is 22.2. The molecule has 1 heterocycles. The van der Waals surface area contributed by atoms with E-state index in [1.807, 2.05) is 0 Å². The molecule has 206 valence electrons. The lowest BCUT2D eigenvalue weighted by molar-refractivity contribution is -0.170. The third kappa shape index (κ3) is 9.60. The summed E-state index contributed by atoms with van der Waals surface area (Å²) in [6, 6.07) is 14.1. The number of likely N-dealkylation sites (tertiary alicyclic amines) is 1. The van der Waals surface area contributed by atoms with Crippen LogP contribution >= 0.6 is 0 Å². The molecule has 0 radical (unpaired) electrons. The number of amides is 1. The summed E-state index contributed by atoms with van der Waals surface area (Å²) in [7, 11) is 0. The molecule has 10 heteroatoms. The topological polar surface area (TPSA) is 156 Å². The Balaban J connectivity index is 0.000000543. The van der Waals surface area contributed by atoms with E-state index in [0.717, 1.165) is 9.80 Å². The Kier molecular flexibility index (Phi) is 6.91. The molecule has 0 aliphatic carbocycles. The molecule has 0 spiro atoms. The van der Waals surface area contributed by atoms with Crippen molar-refractivity contribution in [2.45, 2.75) is 56.9 Å². The highest BCUT2D eigenvalue weighted by atomic mass is 16.4. The van der Waals surface area contributed by atoms with E-state index in [0.29, 0.717) is 0 Å². The Labute approximate surface area is 237 Å². The maximum atomic E-state index is 13.3. The monoisotopic (exact) mass is 539 g/mol. The van der Waals surface area contributed by atoms with Crippen LogP contribution < -0.4 is 4.90 Å². The number of hydrogen-bond acceptors (Lipinski definition) is 6. The van der Waals surface area contributed by atoms with Crippen LogP contribution in [0.2, 0.25) is 0 Å². The van der Waals surface area contributed by atoms with E-state index >= 15 is 0 Å². The van der Waals surface area contributed by atoms with Crippen molar-refractivity contribution in [2.24, 2.45) is 0 Å². The van der Waals surface area contributed by atoms with Crippen LogP contribution in [0.15, 0.2) is 60.7 Å². The van der Waals surface area contributed by atoms with E-state index in [9.17, 15) is 19.2 Å². The molecule has 4 N–H and O–H groups in total. The first-order valence-electron chi connectivity index (χ1n) is 16.8. The number of aliphatic carboxylic acids is 3. The number of aryl methyl sites for hydroxylation is 1. The number of carbonyl (C=O) groups excluding carboxylic acids is 1. The molecule has 1 saturated heterocycles. The molecule has 1 unspecified atom stereocenters. The molecule has 1 amide bonds. The van der Waals surface area contributed by atoms with Crippen molar-refractivity contribution in [3.05, 3.63) is 66.2 Å². The van der Waals surface area contributed by atoms with Crippen LogP contribution in [0.4, 0.5) is 5.69 Å². The van der Waals surface area contributed by atoms with Crippen LogP contribution in [0.5, 0.6) is 0 Å². The van der Waals surface area contributed by atoms with Gasteiger partial charge in [-0.05, 0) is 36.9 Å². The van der Waals surface area contributed by atoms with Gasteiger partial charge in [-0.3, -0.25) is 14.4 Å². The highest BCUT2D eigenvalue weighted by Gasteiger charge is 2.40. The Morgan fingerprint density at radius 3 is 2.08 bits per heavy atom. The first kappa shape index (κ1) is 17.7. The second kappa shape index (κ2) is 14.8. The number of rotatable bonds is 11. The van der Waals surface area contributed by atoms with E-state index in [2.05, 4.69) is 0 Å². The van der Waals surface area contributed by atoms with Gasteiger partial charge in [0.05, 0.1) is 12.8 Å². The van der Waals surface area contributed by atoms with Gasteiger partial charge in [0, 0.05) is 52.8 Å². The Bertz CT molecular complexity index is 1480. The van der Waals surface area contributed by atoms with Crippen LogP contribution in [-0.2, 0) is 25.6 Å². The lowest BCUT2D eigenvalue weighted by Gasteiger charge is -2.38. The molecule has 38 heavy (non-hydrogen) atoms. The molecule has 10 nitrogen and oxygen atoms in total. The quantitative estimate of drug-likeness (QED) is 0.337. The number of para-hydroxylation sites is 1. The fraction of sp³-hybridized carbons (Fsp3) is 0.429. The lowest BCUT2D eigenvalue weighted by Crippen LogP contribution is -2.47. The molecule has 1 atom stereocenters. The minimum atomic E-state index is -3.30. The molecule has 1 fully saturated rings. The fourth-order valence-corrected chi connectivity index (χ4v) is 3.46. The van der Waals surface area contributed by atoms with E-state index in [1.165, 1.54) is 24.3 Å². The maximum Gasteiger partial charge on any atom is 0.336 e. The lowest BCUT2D eigenvalue weighted by atomic mass is 9.96. The summed E-state index contributed by atoms with van der Waals surface area (Å²) in [6.07, 6.45) is -10.6. The summed E-state index contributed by atoms with van der Waals surface area (Å²) < 4.78 is 90.1. The second-order valence-corrected chi connectivity index (χ2v) is 8.15.